The molecular weight excluding hydrogens is 264 g/mol. The highest BCUT2D eigenvalue weighted by Gasteiger charge is 2.23. The Bertz CT molecular complexity index is 643. The summed E-state index contributed by atoms with van der Waals surface area (Å²) in [5.41, 5.74) is 1.49. The predicted octanol–water partition coefficient (Wildman–Crippen LogP) is 1.83. The number of nitrogens with one attached hydrogen (secondary N) is 2. The summed E-state index contributed by atoms with van der Waals surface area (Å²) in [6.45, 7) is 3.10. The van der Waals surface area contributed by atoms with Crippen molar-refractivity contribution in [1.82, 2.24) is 20.4 Å². The maximum atomic E-state index is 12.5. The summed E-state index contributed by atoms with van der Waals surface area (Å²) in [4.78, 5) is 12.5. The van der Waals surface area contributed by atoms with Crippen molar-refractivity contribution in [2.75, 3.05) is 6.54 Å². The molecule has 112 valence electrons. The van der Waals surface area contributed by atoms with E-state index < -0.39 is 0 Å². The zero-order chi connectivity index (χ0) is 14.8. The summed E-state index contributed by atoms with van der Waals surface area (Å²) in [6.07, 6.45) is 3.57. The van der Waals surface area contributed by atoms with Crippen LogP contribution in [0.4, 0.5) is 0 Å². The van der Waals surface area contributed by atoms with Crippen LogP contribution in [-0.2, 0) is 7.05 Å². The molecule has 1 aliphatic rings. The average Bonchev–Trinajstić information content (AvgIpc) is 2.86. The van der Waals surface area contributed by atoms with Crippen LogP contribution in [0.1, 0.15) is 36.7 Å². The molecular formula is C16H22N4O. The summed E-state index contributed by atoms with van der Waals surface area (Å²) in [6, 6.07) is 8.29. The highest BCUT2D eigenvalue weighted by Crippen LogP contribution is 2.18. The van der Waals surface area contributed by atoms with Crippen LogP contribution in [0.15, 0.2) is 24.3 Å². The van der Waals surface area contributed by atoms with Crippen molar-refractivity contribution in [1.29, 1.82) is 0 Å². The molecule has 2 unspecified atom stereocenters. The van der Waals surface area contributed by atoms with E-state index in [1.165, 1.54) is 12.8 Å². The summed E-state index contributed by atoms with van der Waals surface area (Å²) in [5.74, 6) is -0.0910. The van der Waals surface area contributed by atoms with Crippen LogP contribution in [0.2, 0.25) is 0 Å². The molecule has 1 aromatic heterocycles. The molecule has 0 spiro atoms. The van der Waals surface area contributed by atoms with E-state index in [1.54, 1.807) is 4.68 Å². The molecule has 2 N–H and O–H groups in total. The Hall–Kier alpha value is -1.88. The van der Waals surface area contributed by atoms with Crippen molar-refractivity contribution in [3.05, 3.63) is 30.0 Å². The molecule has 1 fully saturated rings. The lowest BCUT2D eigenvalue weighted by Gasteiger charge is -2.29. The monoisotopic (exact) mass is 286 g/mol. The van der Waals surface area contributed by atoms with E-state index >= 15 is 0 Å². The molecule has 1 aliphatic heterocycles. The van der Waals surface area contributed by atoms with Crippen LogP contribution in [0.5, 0.6) is 0 Å². The van der Waals surface area contributed by atoms with Crippen molar-refractivity contribution in [2.24, 2.45) is 7.05 Å². The third-order valence-corrected chi connectivity index (χ3v) is 4.28. The molecule has 2 heterocycles. The van der Waals surface area contributed by atoms with E-state index in [2.05, 4.69) is 22.7 Å². The Kier molecular flexibility index (Phi) is 3.92. The Morgan fingerprint density at radius 2 is 2.24 bits per heavy atom. The van der Waals surface area contributed by atoms with E-state index in [9.17, 15) is 4.79 Å². The first kappa shape index (κ1) is 14.1. The van der Waals surface area contributed by atoms with Gasteiger partial charge in [0.25, 0.3) is 5.91 Å². The van der Waals surface area contributed by atoms with Gasteiger partial charge in [-0.3, -0.25) is 9.48 Å². The Morgan fingerprint density at radius 1 is 1.43 bits per heavy atom. The Morgan fingerprint density at radius 3 is 3.00 bits per heavy atom. The standard InChI is InChI=1S/C16H22N4O/c1-11(13-8-5-6-10-17-13)18-16(21)15-12-7-3-4-9-14(12)20(2)19-15/h3-4,7,9,11,13,17H,5-6,8,10H2,1-2H3,(H,18,21). The minimum absolute atomic E-state index is 0.0910. The number of rotatable bonds is 3. The molecule has 3 rings (SSSR count). The number of amides is 1. The molecule has 0 radical (unpaired) electrons. The van der Waals surface area contributed by atoms with Crippen LogP contribution in [0.3, 0.4) is 0 Å². The second-order valence-electron chi connectivity index (χ2n) is 5.81. The molecule has 2 atom stereocenters. The van der Waals surface area contributed by atoms with Gasteiger partial charge < -0.3 is 10.6 Å². The second-order valence-corrected chi connectivity index (χ2v) is 5.81. The van der Waals surface area contributed by atoms with E-state index in [0.717, 1.165) is 23.9 Å². The number of nitrogens with zero attached hydrogens (tertiary/aromatic N) is 2. The Labute approximate surface area is 124 Å². The second kappa shape index (κ2) is 5.85. The minimum Gasteiger partial charge on any atom is -0.347 e. The fourth-order valence-electron chi connectivity index (χ4n) is 3.06. The molecule has 1 amide bonds. The van der Waals surface area contributed by atoms with Crippen molar-refractivity contribution < 1.29 is 4.79 Å². The number of aryl methyl sites for hydroxylation is 1. The maximum Gasteiger partial charge on any atom is 0.272 e. The first-order chi connectivity index (χ1) is 10.2. The van der Waals surface area contributed by atoms with E-state index in [1.807, 2.05) is 31.3 Å². The van der Waals surface area contributed by atoms with E-state index in [-0.39, 0.29) is 11.9 Å². The number of carbonyl (C=O) groups excluding carboxylic acids is 1. The van der Waals surface area contributed by atoms with E-state index in [0.29, 0.717) is 11.7 Å². The third kappa shape index (κ3) is 2.78. The van der Waals surface area contributed by atoms with Gasteiger partial charge in [0.2, 0.25) is 0 Å². The highest BCUT2D eigenvalue weighted by atomic mass is 16.2. The molecule has 21 heavy (non-hydrogen) atoms. The van der Waals surface area contributed by atoms with Crippen LogP contribution in [0.25, 0.3) is 10.9 Å². The van der Waals surface area contributed by atoms with Crippen molar-refractivity contribution in [2.45, 2.75) is 38.3 Å². The number of hydrogen-bond donors (Lipinski definition) is 2. The normalized spacial score (nSPS) is 20.4. The predicted molar refractivity (Wildman–Crippen MR) is 83.3 cm³/mol. The number of hydrogen-bond acceptors (Lipinski definition) is 3. The van der Waals surface area contributed by atoms with Gasteiger partial charge in [0.1, 0.15) is 0 Å². The first-order valence-corrected chi connectivity index (χ1v) is 7.63. The summed E-state index contributed by atoms with van der Waals surface area (Å²) < 4.78 is 1.76. The average molecular weight is 286 g/mol. The van der Waals surface area contributed by atoms with Gasteiger partial charge in [0, 0.05) is 24.5 Å². The van der Waals surface area contributed by atoms with Crippen molar-refractivity contribution in [3.8, 4) is 0 Å². The summed E-state index contributed by atoms with van der Waals surface area (Å²) in [5, 5.41) is 11.8. The zero-order valence-corrected chi connectivity index (χ0v) is 12.6. The summed E-state index contributed by atoms with van der Waals surface area (Å²) >= 11 is 0. The van der Waals surface area contributed by atoms with Gasteiger partial charge in [-0.1, -0.05) is 24.6 Å². The number of carbonyl (C=O) groups is 1. The minimum atomic E-state index is -0.0910. The summed E-state index contributed by atoms with van der Waals surface area (Å²) in [7, 11) is 1.87. The quantitative estimate of drug-likeness (QED) is 0.905. The van der Waals surface area contributed by atoms with Gasteiger partial charge in [0.05, 0.1) is 5.52 Å². The van der Waals surface area contributed by atoms with Gasteiger partial charge in [-0.15, -0.1) is 0 Å². The number of piperidine rings is 1. The molecule has 1 saturated heterocycles. The van der Waals surface area contributed by atoms with Gasteiger partial charge in [-0.05, 0) is 32.4 Å². The topological polar surface area (TPSA) is 59.0 Å². The fourth-order valence-corrected chi connectivity index (χ4v) is 3.06. The van der Waals surface area contributed by atoms with Gasteiger partial charge in [-0.2, -0.15) is 5.10 Å². The van der Waals surface area contributed by atoms with Crippen LogP contribution < -0.4 is 10.6 Å². The van der Waals surface area contributed by atoms with Crippen LogP contribution in [-0.4, -0.2) is 34.3 Å². The lowest BCUT2D eigenvalue weighted by atomic mass is 9.99. The van der Waals surface area contributed by atoms with Gasteiger partial charge >= 0.3 is 0 Å². The van der Waals surface area contributed by atoms with E-state index in [4.69, 9.17) is 0 Å². The Balaban J connectivity index is 1.77. The van der Waals surface area contributed by atoms with Gasteiger partial charge in [0.15, 0.2) is 5.69 Å². The number of para-hydroxylation sites is 1. The lowest BCUT2D eigenvalue weighted by molar-refractivity contribution is 0.0924. The number of aromatic nitrogens is 2. The largest absolute Gasteiger partial charge is 0.347 e. The number of benzene rings is 1. The van der Waals surface area contributed by atoms with Crippen LogP contribution >= 0.6 is 0 Å². The molecule has 5 heteroatoms. The fraction of sp³-hybridized carbons (Fsp3) is 0.500. The van der Waals surface area contributed by atoms with Crippen molar-refractivity contribution in [3.63, 3.8) is 0 Å². The first-order valence-electron chi connectivity index (χ1n) is 7.63. The smallest absolute Gasteiger partial charge is 0.272 e. The van der Waals surface area contributed by atoms with Crippen LogP contribution in [0, 0.1) is 0 Å². The number of fused-ring (bicyclic) bond motifs is 1. The maximum absolute atomic E-state index is 12.5. The van der Waals surface area contributed by atoms with Crippen molar-refractivity contribution >= 4 is 16.8 Å². The third-order valence-electron chi connectivity index (χ3n) is 4.28. The molecule has 0 bridgehead atoms. The molecule has 0 saturated carbocycles. The highest BCUT2D eigenvalue weighted by molar-refractivity contribution is 6.04. The molecule has 2 aromatic rings. The molecule has 0 aliphatic carbocycles. The molecule has 1 aromatic carbocycles. The molecule has 5 nitrogen and oxygen atoms in total. The SMILES string of the molecule is CC(NC(=O)c1nn(C)c2ccccc12)C1CCCCN1. The lowest BCUT2D eigenvalue weighted by Crippen LogP contribution is -2.50. The van der Waals surface area contributed by atoms with Gasteiger partial charge in [-0.25, -0.2) is 0 Å². The zero-order valence-electron chi connectivity index (χ0n) is 12.6.